The quantitative estimate of drug-likeness (QED) is 0.739. The molecule has 4 nitrogen and oxygen atoms in total. The first-order chi connectivity index (χ1) is 6.03. The summed E-state index contributed by atoms with van der Waals surface area (Å²) in [5, 5.41) is 11.1. The number of rotatable bonds is 4. The third-order valence-electron chi connectivity index (χ3n) is 1.73. The number of hydrogen-bond acceptors (Lipinski definition) is 3. The SMILES string of the molecule is Cn1cc(CNC(C)(C)CCl)nn1. The zero-order chi connectivity index (χ0) is 9.90. The molecule has 0 aromatic carbocycles. The lowest BCUT2D eigenvalue weighted by atomic mass is 10.1. The van der Waals surface area contributed by atoms with Crippen molar-refractivity contribution in [1.29, 1.82) is 0 Å². The summed E-state index contributed by atoms with van der Waals surface area (Å²) in [5.41, 5.74) is 0.875. The molecule has 0 aliphatic rings. The maximum atomic E-state index is 5.76. The molecule has 0 fully saturated rings. The van der Waals surface area contributed by atoms with Gasteiger partial charge in [-0.05, 0) is 13.8 Å². The van der Waals surface area contributed by atoms with Gasteiger partial charge in [-0.15, -0.1) is 16.7 Å². The van der Waals surface area contributed by atoms with Crippen LogP contribution in [0.2, 0.25) is 0 Å². The van der Waals surface area contributed by atoms with Crippen LogP contribution in [0.15, 0.2) is 6.20 Å². The normalized spacial score (nSPS) is 12.0. The number of aryl methyl sites for hydroxylation is 1. The van der Waals surface area contributed by atoms with E-state index in [0.717, 1.165) is 5.69 Å². The number of halogens is 1. The minimum atomic E-state index is -0.0565. The monoisotopic (exact) mass is 202 g/mol. The zero-order valence-electron chi connectivity index (χ0n) is 8.21. The molecule has 0 saturated heterocycles. The van der Waals surface area contributed by atoms with Gasteiger partial charge in [-0.3, -0.25) is 4.68 Å². The molecule has 13 heavy (non-hydrogen) atoms. The Labute approximate surface area is 83.3 Å². The van der Waals surface area contributed by atoms with Crippen molar-refractivity contribution in [2.75, 3.05) is 5.88 Å². The molecule has 1 aromatic rings. The Morgan fingerprint density at radius 3 is 2.77 bits per heavy atom. The second kappa shape index (κ2) is 4.07. The van der Waals surface area contributed by atoms with E-state index in [9.17, 15) is 0 Å². The molecule has 0 aliphatic heterocycles. The summed E-state index contributed by atoms with van der Waals surface area (Å²) >= 11 is 5.76. The highest BCUT2D eigenvalue weighted by Gasteiger charge is 2.15. The molecule has 1 N–H and O–H groups in total. The van der Waals surface area contributed by atoms with Gasteiger partial charge in [0.05, 0.1) is 5.69 Å². The summed E-state index contributed by atoms with van der Waals surface area (Å²) in [6.07, 6.45) is 1.89. The molecule has 0 amide bonds. The van der Waals surface area contributed by atoms with Crippen molar-refractivity contribution in [2.45, 2.75) is 25.9 Å². The molecular weight excluding hydrogens is 188 g/mol. The molecule has 0 aliphatic carbocycles. The molecule has 0 radical (unpaired) electrons. The predicted octanol–water partition coefficient (Wildman–Crippen LogP) is 0.922. The fourth-order valence-corrected chi connectivity index (χ4v) is 0.948. The van der Waals surface area contributed by atoms with E-state index in [-0.39, 0.29) is 5.54 Å². The van der Waals surface area contributed by atoms with Crippen molar-refractivity contribution in [1.82, 2.24) is 20.3 Å². The first-order valence-corrected chi connectivity index (χ1v) is 4.73. The minimum absolute atomic E-state index is 0.0565. The Hall–Kier alpha value is -0.610. The van der Waals surface area contributed by atoms with Crippen LogP contribution in [0.4, 0.5) is 0 Å². The van der Waals surface area contributed by atoms with Crippen LogP contribution < -0.4 is 5.32 Å². The summed E-state index contributed by atoms with van der Waals surface area (Å²) < 4.78 is 1.69. The molecule has 0 bridgehead atoms. The number of aromatic nitrogens is 3. The van der Waals surface area contributed by atoms with Crippen molar-refractivity contribution in [3.8, 4) is 0 Å². The fourth-order valence-electron chi connectivity index (χ4n) is 0.853. The molecule has 0 saturated carbocycles. The number of nitrogens with zero attached hydrogens (tertiary/aromatic N) is 3. The van der Waals surface area contributed by atoms with Crippen molar-refractivity contribution >= 4 is 11.6 Å². The van der Waals surface area contributed by atoms with Crippen molar-refractivity contribution in [2.24, 2.45) is 7.05 Å². The lowest BCUT2D eigenvalue weighted by Crippen LogP contribution is -2.40. The summed E-state index contributed by atoms with van der Waals surface area (Å²) in [6.45, 7) is 4.81. The highest BCUT2D eigenvalue weighted by molar-refractivity contribution is 6.18. The number of alkyl halides is 1. The Morgan fingerprint density at radius 2 is 2.31 bits per heavy atom. The van der Waals surface area contributed by atoms with E-state index in [1.54, 1.807) is 4.68 Å². The Kier molecular flexibility index (Phi) is 3.27. The van der Waals surface area contributed by atoms with Gasteiger partial charge in [0.25, 0.3) is 0 Å². The van der Waals surface area contributed by atoms with Gasteiger partial charge in [-0.2, -0.15) is 0 Å². The largest absolute Gasteiger partial charge is 0.305 e. The Bertz CT molecular complexity index is 269. The fraction of sp³-hybridized carbons (Fsp3) is 0.750. The van der Waals surface area contributed by atoms with Crippen molar-refractivity contribution in [3.63, 3.8) is 0 Å². The van der Waals surface area contributed by atoms with E-state index >= 15 is 0 Å². The third kappa shape index (κ3) is 3.32. The van der Waals surface area contributed by atoms with Crippen LogP contribution in [0, 0.1) is 0 Å². The van der Waals surface area contributed by atoms with E-state index in [4.69, 9.17) is 11.6 Å². The average Bonchev–Trinajstić information content (AvgIpc) is 2.48. The molecule has 1 aromatic heterocycles. The van der Waals surface area contributed by atoms with Crippen LogP contribution in [0.5, 0.6) is 0 Å². The summed E-state index contributed by atoms with van der Waals surface area (Å²) in [5.74, 6) is 0.577. The Balaban J connectivity index is 2.43. The summed E-state index contributed by atoms with van der Waals surface area (Å²) in [7, 11) is 1.85. The maximum absolute atomic E-state index is 5.76. The van der Waals surface area contributed by atoms with Gasteiger partial charge < -0.3 is 5.32 Å². The molecule has 0 atom stereocenters. The number of nitrogens with one attached hydrogen (secondary N) is 1. The van der Waals surface area contributed by atoms with Gasteiger partial charge in [-0.25, -0.2) is 0 Å². The van der Waals surface area contributed by atoms with Gasteiger partial charge in [0.2, 0.25) is 0 Å². The molecule has 1 heterocycles. The minimum Gasteiger partial charge on any atom is -0.305 e. The molecule has 1 rings (SSSR count). The van der Waals surface area contributed by atoms with Gasteiger partial charge in [0, 0.05) is 31.2 Å². The van der Waals surface area contributed by atoms with Gasteiger partial charge in [0.15, 0.2) is 0 Å². The molecule has 74 valence electrons. The van der Waals surface area contributed by atoms with E-state index in [0.29, 0.717) is 12.4 Å². The maximum Gasteiger partial charge on any atom is 0.0964 e. The van der Waals surface area contributed by atoms with Crippen molar-refractivity contribution in [3.05, 3.63) is 11.9 Å². The van der Waals surface area contributed by atoms with Crippen LogP contribution in [-0.4, -0.2) is 26.4 Å². The molecular formula is C8H15ClN4. The van der Waals surface area contributed by atoms with Crippen LogP contribution in [-0.2, 0) is 13.6 Å². The van der Waals surface area contributed by atoms with E-state index in [1.807, 2.05) is 13.2 Å². The van der Waals surface area contributed by atoms with E-state index in [2.05, 4.69) is 29.5 Å². The van der Waals surface area contributed by atoms with Crippen LogP contribution in [0.3, 0.4) is 0 Å². The smallest absolute Gasteiger partial charge is 0.0964 e. The van der Waals surface area contributed by atoms with E-state index in [1.165, 1.54) is 0 Å². The molecule has 0 unspecified atom stereocenters. The summed E-state index contributed by atoms with van der Waals surface area (Å²) in [4.78, 5) is 0. The lowest BCUT2D eigenvalue weighted by Gasteiger charge is -2.22. The summed E-state index contributed by atoms with van der Waals surface area (Å²) in [6, 6.07) is 0. The lowest BCUT2D eigenvalue weighted by molar-refractivity contribution is 0.426. The third-order valence-corrected chi connectivity index (χ3v) is 2.40. The van der Waals surface area contributed by atoms with Crippen LogP contribution >= 0.6 is 11.6 Å². The predicted molar refractivity (Wildman–Crippen MR) is 52.6 cm³/mol. The Morgan fingerprint density at radius 1 is 1.62 bits per heavy atom. The first kappa shape index (κ1) is 10.5. The second-order valence-corrected chi connectivity index (χ2v) is 4.02. The molecule has 5 heteroatoms. The van der Waals surface area contributed by atoms with Crippen LogP contribution in [0.25, 0.3) is 0 Å². The van der Waals surface area contributed by atoms with E-state index < -0.39 is 0 Å². The van der Waals surface area contributed by atoms with Gasteiger partial charge in [0.1, 0.15) is 0 Å². The van der Waals surface area contributed by atoms with Gasteiger partial charge >= 0.3 is 0 Å². The highest BCUT2D eigenvalue weighted by atomic mass is 35.5. The second-order valence-electron chi connectivity index (χ2n) is 3.75. The average molecular weight is 203 g/mol. The first-order valence-electron chi connectivity index (χ1n) is 4.20. The number of hydrogen-bond donors (Lipinski definition) is 1. The zero-order valence-corrected chi connectivity index (χ0v) is 8.97. The van der Waals surface area contributed by atoms with Gasteiger partial charge in [-0.1, -0.05) is 5.21 Å². The molecule has 0 spiro atoms. The standard InChI is InChI=1S/C8H15ClN4/c1-8(2,6-9)10-4-7-5-13(3)12-11-7/h5,10H,4,6H2,1-3H3. The highest BCUT2D eigenvalue weighted by Crippen LogP contribution is 2.05. The van der Waals surface area contributed by atoms with Crippen LogP contribution in [0.1, 0.15) is 19.5 Å². The topological polar surface area (TPSA) is 42.7 Å². The van der Waals surface area contributed by atoms with Crippen molar-refractivity contribution < 1.29 is 0 Å².